The molecule has 0 saturated carbocycles. The molecule has 2 fully saturated rings. The predicted octanol–water partition coefficient (Wildman–Crippen LogP) is 1.49. The molecule has 0 unspecified atom stereocenters. The molecule has 4 heterocycles. The van der Waals surface area contributed by atoms with Crippen molar-refractivity contribution in [2.24, 2.45) is 11.8 Å². The number of amides is 1. The highest BCUT2D eigenvalue weighted by molar-refractivity contribution is 5.96. The van der Waals surface area contributed by atoms with Crippen LogP contribution in [0.1, 0.15) is 39.4 Å². The number of carbonyl (C=O) groups is 1. The fourth-order valence-electron chi connectivity index (χ4n) is 3.83. The third-order valence-electron chi connectivity index (χ3n) is 5.03. The molecule has 0 N–H and O–H groups in total. The van der Waals surface area contributed by atoms with Gasteiger partial charge in [0.15, 0.2) is 5.82 Å². The Kier molecular flexibility index (Phi) is 3.64. The zero-order valence-corrected chi connectivity index (χ0v) is 14.0. The summed E-state index contributed by atoms with van der Waals surface area (Å²) in [5.74, 6) is 2.34. The Morgan fingerprint density at radius 1 is 1.12 bits per heavy atom. The van der Waals surface area contributed by atoms with Crippen molar-refractivity contribution in [1.82, 2.24) is 20.2 Å². The van der Waals surface area contributed by atoms with Gasteiger partial charge in [0.1, 0.15) is 11.3 Å². The van der Waals surface area contributed by atoms with Crippen molar-refractivity contribution < 1.29 is 18.6 Å². The molecule has 3 atom stereocenters. The van der Waals surface area contributed by atoms with Crippen LogP contribution < -0.4 is 0 Å². The van der Waals surface area contributed by atoms with E-state index in [4.69, 9.17) is 13.8 Å². The Hall–Kier alpha value is -2.22. The molecular formula is C16H20N4O4. The van der Waals surface area contributed by atoms with Crippen molar-refractivity contribution in [2.45, 2.75) is 26.7 Å². The van der Waals surface area contributed by atoms with Crippen molar-refractivity contribution in [3.05, 3.63) is 28.7 Å². The number of rotatable bonds is 2. The summed E-state index contributed by atoms with van der Waals surface area (Å²) >= 11 is 0. The quantitative estimate of drug-likeness (QED) is 0.822. The van der Waals surface area contributed by atoms with Crippen LogP contribution in [0, 0.1) is 32.6 Å². The number of fused-ring (bicyclic) bond motifs is 1. The number of ether oxygens (including phenoxy) is 1. The van der Waals surface area contributed by atoms with Crippen LogP contribution in [-0.2, 0) is 4.74 Å². The van der Waals surface area contributed by atoms with Gasteiger partial charge >= 0.3 is 0 Å². The largest absolute Gasteiger partial charge is 0.380 e. The fourth-order valence-corrected chi connectivity index (χ4v) is 3.83. The summed E-state index contributed by atoms with van der Waals surface area (Å²) in [6.45, 7) is 7.88. The van der Waals surface area contributed by atoms with Crippen LogP contribution in [0.2, 0.25) is 0 Å². The summed E-state index contributed by atoms with van der Waals surface area (Å²) in [5, 5.41) is 7.77. The molecule has 0 aliphatic carbocycles. The summed E-state index contributed by atoms with van der Waals surface area (Å²) in [5.41, 5.74) is 1.20. The van der Waals surface area contributed by atoms with E-state index in [2.05, 4.69) is 15.3 Å². The highest BCUT2D eigenvalue weighted by atomic mass is 16.5. The summed E-state index contributed by atoms with van der Waals surface area (Å²) in [6, 6.07) is 0. The maximum absolute atomic E-state index is 12.9. The topological polar surface area (TPSA) is 94.5 Å². The van der Waals surface area contributed by atoms with E-state index >= 15 is 0 Å². The average molecular weight is 332 g/mol. The first-order chi connectivity index (χ1) is 11.5. The van der Waals surface area contributed by atoms with Crippen molar-refractivity contribution in [2.75, 3.05) is 26.3 Å². The van der Waals surface area contributed by atoms with Gasteiger partial charge in [0.2, 0.25) is 5.89 Å². The van der Waals surface area contributed by atoms with Crippen molar-refractivity contribution in [1.29, 1.82) is 0 Å². The van der Waals surface area contributed by atoms with Gasteiger partial charge in [-0.25, -0.2) is 0 Å². The number of likely N-dealkylation sites (tertiary alicyclic amines) is 1. The van der Waals surface area contributed by atoms with Crippen LogP contribution in [0.5, 0.6) is 0 Å². The first-order valence-corrected chi connectivity index (χ1v) is 8.14. The summed E-state index contributed by atoms with van der Waals surface area (Å²) in [4.78, 5) is 19.1. The monoisotopic (exact) mass is 332 g/mol. The first-order valence-electron chi connectivity index (χ1n) is 8.14. The average Bonchev–Trinajstić information content (AvgIpc) is 3.25. The van der Waals surface area contributed by atoms with Gasteiger partial charge in [-0.05, 0) is 26.7 Å². The lowest BCUT2D eigenvalue weighted by atomic mass is 9.83. The van der Waals surface area contributed by atoms with Crippen LogP contribution in [0.25, 0.3) is 0 Å². The molecule has 2 saturated heterocycles. The minimum atomic E-state index is -0.0268. The lowest BCUT2D eigenvalue weighted by molar-refractivity contribution is 0.00992. The third-order valence-corrected chi connectivity index (χ3v) is 5.03. The van der Waals surface area contributed by atoms with Gasteiger partial charge in [0.25, 0.3) is 5.91 Å². The zero-order valence-electron chi connectivity index (χ0n) is 14.0. The molecule has 4 rings (SSSR count). The van der Waals surface area contributed by atoms with E-state index in [1.54, 1.807) is 20.8 Å². The number of aryl methyl sites for hydroxylation is 3. The molecule has 8 heteroatoms. The molecule has 2 aliphatic rings. The number of aromatic nitrogens is 3. The Morgan fingerprint density at radius 3 is 2.62 bits per heavy atom. The van der Waals surface area contributed by atoms with Crippen molar-refractivity contribution in [3.8, 4) is 0 Å². The standard InChI is InChI=1S/C16H20N4O4/c1-8-14(9(2)23-18-8)16(21)20-4-11-6-22-7-13(12(11)5-20)15-17-10(3)19-24-15/h11-13H,4-7H2,1-3H3/t11-,12-,13+/m0/s1. The smallest absolute Gasteiger partial charge is 0.259 e. The second kappa shape index (κ2) is 5.70. The Morgan fingerprint density at radius 2 is 1.96 bits per heavy atom. The summed E-state index contributed by atoms with van der Waals surface area (Å²) in [6.07, 6.45) is 0. The summed E-state index contributed by atoms with van der Waals surface area (Å²) in [7, 11) is 0. The Balaban J connectivity index is 1.57. The van der Waals surface area contributed by atoms with Gasteiger partial charge in [-0.2, -0.15) is 4.98 Å². The fraction of sp³-hybridized carbons (Fsp3) is 0.625. The van der Waals surface area contributed by atoms with Crippen LogP contribution in [0.4, 0.5) is 0 Å². The van der Waals surface area contributed by atoms with E-state index in [0.717, 1.165) is 0 Å². The minimum absolute atomic E-state index is 0.0268. The molecule has 0 radical (unpaired) electrons. The highest BCUT2D eigenvalue weighted by Gasteiger charge is 2.45. The third kappa shape index (κ3) is 2.41. The van der Waals surface area contributed by atoms with Gasteiger partial charge in [-0.15, -0.1) is 0 Å². The molecule has 0 spiro atoms. The second-order valence-electron chi connectivity index (χ2n) is 6.66. The van der Waals surface area contributed by atoms with E-state index in [1.807, 2.05) is 4.90 Å². The van der Waals surface area contributed by atoms with Gasteiger partial charge in [-0.1, -0.05) is 10.3 Å². The first kappa shape index (κ1) is 15.3. The summed E-state index contributed by atoms with van der Waals surface area (Å²) < 4.78 is 16.2. The van der Waals surface area contributed by atoms with Crippen LogP contribution >= 0.6 is 0 Å². The molecule has 0 aromatic carbocycles. The lowest BCUT2D eigenvalue weighted by Crippen LogP contribution is -2.33. The molecule has 24 heavy (non-hydrogen) atoms. The van der Waals surface area contributed by atoms with Crippen LogP contribution in [0.15, 0.2) is 9.05 Å². The van der Waals surface area contributed by atoms with Gasteiger partial charge in [0, 0.05) is 19.0 Å². The number of nitrogens with zero attached hydrogens (tertiary/aromatic N) is 4. The second-order valence-corrected chi connectivity index (χ2v) is 6.66. The van der Waals surface area contributed by atoms with E-state index in [1.165, 1.54) is 0 Å². The number of carbonyl (C=O) groups excluding carboxylic acids is 1. The predicted molar refractivity (Wildman–Crippen MR) is 81.5 cm³/mol. The minimum Gasteiger partial charge on any atom is -0.380 e. The lowest BCUT2D eigenvalue weighted by Gasteiger charge is -2.30. The Bertz CT molecular complexity index is 748. The normalized spacial score (nSPS) is 26.6. The number of hydrogen-bond acceptors (Lipinski definition) is 7. The Labute approximate surface area is 139 Å². The maximum Gasteiger partial charge on any atom is 0.259 e. The van der Waals surface area contributed by atoms with E-state index in [9.17, 15) is 4.79 Å². The molecule has 0 bridgehead atoms. The molecule has 128 valence electrons. The zero-order chi connectivity index (χ0) is 16.8. The van der Waals surface area contributed by atoms with Gasteiger partial charge < -0.3 is 18.7 Å². The molecule has 8 nitrogen and oxygen atoms in total. The van der Waals surface area contributed by atoms with E-state index in [0.29, 0.717) is 55.0 Å². The van der Waals surface area contributed by atoms with Gasteiger partial charge in [0.05, 0.1) is 24.8 Å². The maximum atomic E-state index is 12.9. The van der Waals surface area contributed by atoms with Crippen molar-refractivity contribution in [3.63, 3.8) is 0 Å². The van der Waals surface area contributed by atoms with Crippen LogP contribution in [-0.4, -0.2) is 52.4 Å². The molecule has 2 aliphatic heterocycles. The van der Waals surface area contributed by atoms with Gasteiger partial charge in [-0.3, -0.25) is 4.79 Å². The van der Waals surface area contributed by atoms with Crippen LogP contribution in [0.3, 0.4) is 0 Å². The number of hydrogen-bond donors (Lipinski definition) is 0. The molecule has 1 amide bonds. The van der Waals surface area contributed by atoms with E-state index < -0.39 is 0 Å². The van der Waals surface area contributed by atoms with E-state index in [-0.39, 0.29) is 23.7 Å². The van der Waals surface area contributed by atoms with Crippen molar-refractivity contribution >= 4 is 5.91 Å². The molecular weight excluding hydrogens is 312 g/mol. The SMILES string of the molecule is Cc1noc([C@@H]2COC[C@@H]3CN(C(=O)c4c(C)noc4C)C[C@@H]32)n1. The molecule has 2 aromatic rings. The molecule has 2 aromatic heterocycles. The highest BCUT2D eigenvalue weighted by Crippen LogP contribution is 2.39.